The third-order valence-corrected chi connectivity index (χ3v) is 4.19. The van der Waals surface area contributed by atoms with Crippen LogP contribution in [0.4, 0.5) is 0 Å². The summed E-state index contributed by atoms with van der Waals surface area (Å²) in [7, 11) is 0. The topological polar surface area (TPSA) is 32.3 Å². The summed E-state index contributed by atoms with van der Waals surface area (Å²) in [6.45, 7) is 2.76. The molecule has 1 amide bonds. The minimum Gasteiger partial charge on any atom is -0.319 e. The van der Waals surface area contributed by atoms with Gasteiger partial charge in [0.25, 0.3) is 0 Å². The lowest BCUT2D eigenvalue weighted by Crippen LogP contribution is -2.38. The van der Waals surface area contributed by atoms with Gasteiger partial charge in [-0.05, 0) is 30.7 Å². The molecule has 1 saturated carbocycles. The summed E-state index contributed by atoms with van der Waals surface area (Å²) in [4.78, 5) is 14.2. The normalized spacial score (nSPS) is 32.2. The second kappa shape index (κ2) is 4.73. The highest BCUT2D eigenvalue weighted by atomic mass is 16.2. The van der Waals surface area contributed by atoms with E-state index in [0.717, 1.165) is 18.8 Å². The molecule has 1 aliphatic carbocycles. The highest BCUT2D eigenvalue weighted by Gasteiger charge is 2.39. The minimum atomic E-state index is 0.0778. The van der Waals surface area contributed by atoms with Crippen molar-refractivity contribution < 1.29 is 4.79 Å². The smallest absolute Gasteiger partial charge is 0.238 e. The van der Waals surface area contributed by atoms with Gasteiger partial charge >= 0.3 is 0 Å². The maximum Gasteiger partial charge on any atom is 0.238 e. The Balaban J connectivity index is 1.84. The van der Waals surface area contributed by atoms with Crippen molar-refractivity contribution in [2.75, 3.05) is 6.54 Å². The fourth-order valence-electron chi connectivity index (χ4n) is 3.28. The van der Waals surface area contributed by atoms with E-state index < -0.39 is 0 Å². The van der Waals surface area contributed by atoms with Gasteiger partial charge in [-0.2, -0.15) is 0 Å². The molecule has 1 aliphatic heterocycles. The van der Waals surface area contributed by atoms with Crippen molar-refractivity contribution in [3.05, 3.63) is 35.9 Å². The molecular formula is C15H20N2O. The largest absolute Gasteiger partial charge is 0.319 e. The summed E-state index contributed by atoms with van der Waals surface area (Å²) in [5.74, 6) is 1.00. The first-order valence-corrected chi connectivity index (χ1v) is 6.85. The number of nitrogens with zero attached hydrogens (tertiary/aromatic N) is 1. The second-order valence-electron chi connectivity index (χ2n) is 5.57. The lowest BCUT2D eigenvalue weighted by Gasteiger charge is -2.30. The van der Waals surface area contributed by atoms with Crippen LogP contribution in [0, 0.1) is 5.92 Å². The van der Waals surface area contributed by atoms with Crippen LogP contribution < -0.4 is 5.32 Å². The number of carbonyl (C=O) groups excluding carboxylic acids is 1. The quantitative estimate of drug-likeness (QED) is 0.866. The predicted octanol–water partition coefficient (Wildman–Crippen LogP) is 2.31. The molecule has 1 N–H and O–H groups in total. The number of hydrogen-bond acceptors (Lipinski definition) is 2. The Morgan fingerprint density at radius 3 is 2.67 bits per heavy atom. The van der Waals surface area contributed by atoms with Gasteiger partial charge < -0.3 is 4.90 Å². The summed E-state index contributed by atoms with van der Waals surface area (Å²) in [5, 5.41) is 3.34. The Morgan fingerprint density at radius 2 is 2.00 bits per heavy atom. The standard InChI is InChI=1S/C15H20N2O/c1-11-7-8-13(9-11)17-14(18)10-16-15(17)12-5-3-2-4-6-12/h2-6,11,13,15-16H,7-10H2,1H3. The van der Waals surface area contributed by atoms with Gasteiger partial charge in [-0.3, -0.25) is 10.1 Å². The molecule has 3 rings (SSSR count). The van der Waals surface area contributed by atoms with Gasteiger partial charge in [0.05, 0.1) is 6.54 Å². The van der Waals surface area contributed by atoms with E-state index >= 15 is 0 Å². The lowest BCUT2D eigenvalue weighted by molar-refractivity contribution is -0.130. The van der Waals surface area contributed by atoms with Gasteiger partial charge in [-0.25, -0.2) is 0 Å². The van der Waals surface area contributed by atoms with E-state index in [1.165, 1.54) is 12.0 Å². The SMILES string of the molecule is CC1CCC(N2C(=O)CNC2c2ccccc2)C1. The number of nitrogens with one attached hydrogen (secondary N) is 1. The Bertz CT molecular complexity index is 431. The van der Waals surface area contributed by atoms with Gasteiger partial charge in [-0.15, -0.1) is 0 Å². The third-order valence-electron chi connectivity index (χ3n) is 4.19. The van der Waals surface area contributed by atoms with E-state index in [9.17, 15) is 4.79 Å². The molecule has 2 aliphatic rings. The van der Waals surface area contributed by atoms with E-state index in [4.69, 9.17) is 0 Å². The zero-order valence-corrected chi connectivity index (χ0v) is 10.8. The Hall–Kier alpha value is -1.35. The molecule has 3 heteroatoms. The molecule has 3 nitrogen and oxygen atoms in total. The summed E-state index contributed by atoms with van der Waals surface area (Å²) in [6, 6.07) is 10.7. The molecule has 1 saturated heterocycles. The molecule has 3 atom stereocenters. The molecular weight excluding hydrogens is 224 g/mol. The van der Waals surface area contributed by atoms with Crippen LogP contribution in [0.15, 0.2) is 30.3 Å². The maximum absolute atomic E-state index is 12.1. The van der Waals surface area contributed by atoms with E-state index in [2.05, 4.69) is 29.3 Å². The number of rotatable bonds is 2. The zero-order chi connectivity index (χ0) is 12.5. The van der Waals surface area contributed by atoms with Crippen LogP contribution in [0.25, 0.3) is 0 Å². The Kier molecular flexibility index (Phi) is 3.08. The van der Waals surface area contributed by atoms with Gasteiger partial charge in [0.15, 0.2) is 0 Å². The van der Waals surface area contributed by atoms with Crippen molar-refractivity contribution in [2.45, 2.75) is 38.4 Å². The minimum absolute atomic E-state index is 0.0778. The van der Waals surface area contributed by atoms with Crippen LogP contribution in [-0.4, -0.2) is 23.4 Å². The maximum atomic E-state index is 12.1. The number of amides is 1. The fraction of sp³-hybridized carbons (Fsp3) is 0.533. The molecule has 96 valence electrons. The Labute approximate surface area is 108 Å². The zero-order valence-electron chi connectivity index (χ0n) is 10.8. The van der Waals surface area contributed by atoms with Crippen molar-refractivity contribution in [3.8, 4) is 0 Å². The first kappa shape index (κ1) is 11.7. The molecule has 1 aromatic carbocycles. The van der Waals surface area contributed by atoms with Crippen LogP contribution >= 0.6 is 0 Å². The number of benzene rings is 1. The van der Waals surface area contributed by atoms with Crippen molar-refractivity contribution in [3.63, 3.8) is 0 Å². The predicted molar refractivity (Wildman–Crippen MR) is 70.8 cm³/mol. The van der Waals surface area contributed by atoms with E-state index in [0.29, 0.717) is 12.6 Å². The van der Waals surface area contributed by atoms with E-state index in [1.807, 2.05) is 18.2 Å². The molecule has 0 bridgehead atoms. The van der Waals surface area contributed by atoms with Crippen molar-refractivity contribution >= 4 is 5.91 Å². The fourth-order valence-corrected chi connectivity index (χ4v) is 3.28. The summed E-state index contributed by atoms with van der Waals surface area (Å²) in [6.07, 6.45) is 3.62. The molecule has 1 aromatic rings. The van der Waals surface area contributed by atoms with Gasteiger partial charge in [-0.1, -0.05) is 37.3 Å². The van der Waals surface area contributed by atoms with Gasteiger partial charge in [0.2, 0.25) is 5.91 Å². The van der Waals surface area contributed by atoms with Gasteiger partial charge in [0.1, 0.15) is 6.17 Å². The van der Waals surface area contributed by atoms with Crippen molar-refractivity contribution in [2.24, 2.45) is 5.92 Å². The van der Waals surface area contributed by atoms with Crippen LogP contribution in [0.2, 0.25) is 0 Å². The first-order valence-electron chi connectivity index (χ1n) is 6.85. The highest BCUT2D eigenvalue weighted by Crippen LogP contribution is 2.34. The molecule has 0 aromatic heterocycles. The summed E-state index contributed by atoms with van der Waals surface area (Å²) in [5.41, 5.74) is 1.20. The molecule has 18 heavy (non-hydrogen) atoms. The average Bonchev–Trinajstić information content (AvgIpc) is 2.96. The van der Waals surface area contributed by atoms with E-state index in [1.54, 1.807) is 0 Å². The molecule has 0 spiro atoms. The molecule has 0 radical (unpaired) electrons. The first-order chi connectivity index (χ1) is 8.75. The van der Waals surface area contributed by atoms with Gasteiger partial charge in [0, 0.05) is 6.04 Å². The van der Waals surface area contributed by atoms with Crippen LogP contribution in [0.3, 0.4) is 0 Å². The highest BCUT2D eigenvalue weighted by molar-refractivity contribution is 5.81. The van der Waals surface area contributed by atoms with Crippen LogP contribution in [-0.2, 0) is 4.79 Å². The van der Waals surface area contributed by atoms with E-state index in [-0.39, 0.29) is 12.1 Å². The van der Waals surface area contributed by atoms with Crippen LogP contribution in [0.1, 0.15) is 37.9 Å². The molecule has 3 unspecified atom stereocenters. The monoisotopic (exact) mass is 244 g/mol. The molecule has 1 heterocycles. The molecule has 2 fully saturated rings. The third kappa shape index (κ3) is 2.03. The average molecular weight is 244 g/mol. The Morgan fingerprint density at radius 1 is 1.22 bits per heavy atom. The summed E-state index contributed by atoms with van der Waals surface area (Å²) >= 11 is 0. The second-order valence-corrected chi connectivity index (χ2v) is 5.57. The van der Waals surface area contributed by atoms with Crippen molar-refractivity contribution in [1.29, 1.82) is 0 Å². The van der Waals surface area contributed by atoms with Crippen molar-refractivity contribution in [1.82, 2.24) is 10.2 Å². The number of carbonyl (C=O) groups is 1. The number of hydrogen-bond donors (Lipinski definition) is 1. The lowest BCUT2D eigenvalue weighted by atomic mass is 10.1. The summed E-state index contributed by atoms with van der Waals surface area (Å²) < 4.78 is 0. The van der Waals surface area contributed by atoms with Crippen LogP contribution in [0.5, 0.6) is 0 Å².